The van der Waals surface area contributed by atoms with Crippen LogP contribution in [0, 0.1) is 57.2 Å². The van der Waals surface area contributed by atoms with Crippen LogP contribution < -0.4 is 0 Å². The van der Waals surface area contributed by atoms with Crippen LogP contribution in [-0.2, 0) is 32.8 Å². The molecule has 12 nitrogen and oxygen atoms in total. The van der Waals surface area contributed by atoms with E-state index in [-0.39, 0.29) is 50.1 Å². The average Bonchev–Trinajstić information content (AvgIpc) is 3.49. The van der Waals surface area contributed by atoms with Gasteiger partial charge in [0.25, 0.3) is 0 Å². The third kappa shape index (κ3) is 5.27. The van der Waals surface area contributed by atoms with Gasteiger partial charge in [-0.25, -0.2) is 13.3 Å². The molecule has 6 fully saturated rings. The van der Waals surface area contributed by atoms with Crippen molar-refractivity contribution in [3.8, 4) is 0 Å². The monoisotopic (exact) mass is 846 g/mol. The van der Waals surface area contributed by atoms with Gasteiger partial charge in [0.2, 0.25) is 0 Å². The van der Waals surface area contributed by atoms with E-state index >= 15 is 8.78 Å². The number of ketones is 4. The third-order valence-corrected chi connectivity index (χ3v) is 18.9. The van der Waals surface area contributed by atoms with Gasteiger partial charge in [-0.05, 0) is 113 Å². The standard InChI is InChI=1S/C44H57F2O12P/c1-23-15-31-29-9-7-25-17-27(47)11-13-37(25,3)41(29,45)33(49)19-39(31,5)43(23,53)35(51)21-57-59(55,56)58-22-36(52)44(54)24(2)16-32-30-10-8-26-18-28(48)12-14-38(26,4)42(30,46)34(50)20-40(32,44)6/h11-14,17-18,23-24,29-34,49-50,53-54H,7-10,15-16,19-22H2,1-6H3,(H,55,56)/t23-,24+,29-,30-,31-,32-,33-,34+,37-,38-,39-,40-,41-,42-,43-,44-/m0/s1. The van der Waals surface area contributed by atoms with Crippen molar-refractivity contribution in [1.29, 1.82) is 0 Å². The Morgan fingerprint density at radius 1 is 0.712 bits per heavy atom. The molecule has 6 saturated carbocycles. The molecular weight excluding hydrogens is 789 g/mol. The highest BCUT2D eigenvalue weighted by molar-refractivity contribution is 7.47. The molecule has 0 aromatic rings. The summed E-state index contributed by atoms with van der Waals surface area (Å²) >= 11 is 0. The van der Waals surface area contributed by atoms with Crippen LogP contribution in [0.3, 0.4) is 0 Å². The highest BCUT2D eigenvalue weighted by Crippen LogP contribution is 2.72. The lowest BCUT2D eigenvalue weighted by Crippen LogP contribution is -2.69. The van der Waals surface area contributed by atoms with Gasteiger partial charge in [-0.1, -0.05) is 51.0 Å². The molecule has 8 aliphatic rings. The number of rotatable bonds is 8. The molecule has 15 heteroatoms. The minimum atomic E-state index is -5.22. The first-order chi connectivity index (χ1) is 27.2. The van der Waals surface area contributed by atoms with Gasteiger partial charge in [0.15, 0.2) is 34.5 Å². The van der Waals surface area contributed by atoms with E-state index in [0.717, 1.165) is 0 Å². The maximum atomic E-state index is 17.6. The fourth-order valence-electron chi connectivity index (χ4n) is 14.8. The molecule has 0 aromatic heterocycles. The Balaban J connectivity index is 0.959. The molecule has 0 radical (unpaired) electrons. The van der Waals surface area contributed by atoms with Crippen LogP contribution in [-0.4, -0.2) is 96.4 Å². The molecule has 17 atom stereocenters. The predicted octanol–water partition coefficient (Wildman–Crippen LogP) is 4.95. The quantitative estimate of drug-likeness (QED) is 0.206. The Morgan fingerprint density at radius 3 is 1.42 bits per heavy atom. The number of fused-ring (bicyclic) bond motifs is 10. The summed E-state index contributed by atoms with van der Waals surface area (Å²) in [7, 11) is -5.22. The number of phosphoric acid groups is 1. The minimum Gasteiger partial charge on any atom is -0.390 e. The van der Waals surface area contributed by atoms with Gasteiger partial charge in [-0.15, -0.1) is 0 Å². The average molecular weight is 847 g/mol. The normalized spacial score (nSPS) is 51.9. The van der Waals surface area contributed by atoms with Gasteiger partial charge in [-0.3, -0.25) is 28.2 Å². The molecule has 0 saturated heterocycles. The van der Waals surface area contributed by atoms with Crippen molar-refractivity contribution < 1.29 is 66.9 Å². The van der Waals surface area contributed by atoms with Gasteiger partial charge >= 0.3 is 7.82 Å². The number of Topliss-reactive ketones (excluding diaryl/α,β-unsaturated/α-hetero) is 2. The Labute approximate surface area is 342 Å². The van der Waals surface area contributed by atoms with E-state index < -0.39 is 125 Å². The van der Waals surface area contributed by atoms with Crippen molar-refractivity contribution in [2.45, 2.75) is 128 Å². The zero-order valence-electron chi connectivity index (χ0n) is 34.5. The van der Waals surface area contributed by atoms with E-state index in [0.29, 0.717) is 24.0 Å². The summed E-state index contributed by atoms with van der Waals surface area (Å²) in [5, 5.41) is 47.8. The highest BCUT2D eigenvalue weighted by atomic mass is 31.2. The number of phosphoric ester groups is 1. The van der Waals surface area contributed by atoms with Gasteiger partial charge in [0.1, 0.15) is 24.4 Å². The zero-order chi connectivity index (χ0) is 43.3. The number of carbonyl (C=O) groups is 4. The van der Waals surface area contributed by atoms with Crippen molar-refractivity contribution in [2.24, 2.45) is 57.2 Å². The molecular formula is C44H57F2O12P. The Morgan fingerprint density at radius 2 is 1.07 bits per heavy atom. The maximum Gasteiger partial charge on any atom is 0.473 e. The van der Waals surface area contributed by atoms with E-state index in [1.807, 2.05) is 0 Å². The topological polar surface area (TPSA) is 205 Å². The minimum absolute atomic E-state index is 0.213. The number of carbonyl (C=O) groups excluding carboxylic acids is 4. The lowest BCUT2D eigenvalue weighted by Gasteiger charge is -2.62. The lowest BCUT2D eigenvalue weighted by molar-refractivity contribution is -0.219. The summed E-state index contributed by atoms with van der Waals surface area (Å²) < 4.78 is 58.6. The second-order valence-electron chi connectivity index (χ2n) is 20.2. The van der Waals surface area contributed by atoms with Gasteiger partial charge in [0.05, 0.1) is 12.2 Å². The third-order valence-electron chi connectivity index (χ3n) is 18.0. The second-order valence-corrected chi connectivity index (χ2v) is 21.7. The van der Waals surface area contributed by atoms with Crippen LogP contribution in [0.15, 0.2) is 47.6 Å². The Bertz CT molecular complexity index is 1940. The largest absolute Gasteiger partial charge is 0.473 e. The van der Waals surface area contributed by atoms with Gasteiger partial charge in [-0.2, -0.15) is 0 Å². The molecule has 8 aliphatic carbocycles. The van der Waals surface area contributed by atoms with Gasteiger partial charge in [0, 0.05) is 33.5 Å². The Hall–Kier alpha value is -2.55. The van der Waals surface area contributed by atoms with Crippen molar-refractivity contribution in [2.75, 3.05) is 13.2 Å². The molecule has 0 aliphatic heterocycles. The molecule has 1 unspecified atom stereocenters. The van der Waals surface area contributed by atoms with Crippen LogP contribution in [0.1, 0.15) is 92.9 Å². The number of hydrogen-bond acceptors (Lipinski definition) is 11. The molecule has 0 heterocycles. The van der Waals surface area contributed by atoms with E-state index in [1.54, 1.807) is 41.5 Å². The fraction of sp³-hybridized carbons (Fsp3) is 0.727. The van der Waals surface area contributed by atoms with E-state index in [4.69, 9.17) is 9.05 Å². The fourth-order valence-corrected chi connectivity index (χ4v) is 15.5. The first kappa shape index (κ1) is 43.1. The summed E-state index contributed by atoms with van der Waals surface area (Å²) in [6.45, 7) is 7.56. The number of aliphatic hydroxyl groups is 4. The molecule has 0 amide bonds. The zero-order valence-corrected chi connectivity index (χ0v) is 35.3. The number of halogens is 2. The Kier molecular flexibility index (Phi) is 9.67. The summed E-state index contributed by atoms with van der Waals surface area (Å²) in [6, 6.07) is 0. The molecule has 324 valence electrons. The van der Waals surface area contributed by atoms with Crippen LogP contribution in [0.25, 0.3) is 0 Å². The molecule has 59 heavy (non-hydrogen) atoms. The van der Waals surface area contributed by atoms with Crippen molar-refractivity contribution >= 4 is 31.0 Å². The van der Waals surface area contributed by atoms with Crippen LogP contribution in [0.4, 0.5) is 8.78 Å². The van der Waals surface area contributed by atoms with E-state index in [1.165, 1.54) is 36.5 Å². The molecule has 0 spiro atoms. The van der Waals surface area contributed by atoms with E-state index in [2.05, 4.69) is 0 Å². The van der Waals surface area contributed by atoms with Crippen molar-refractivity contribution in [3.63, 3.8) is 0 Å². The molecule has 8 rings (SSSR count). The van der Waals surface area contributed by atoms with Crippen LogP contribution in [0.5, 0.6) is 0 Å². The SMILES string of the molecule is C[C@@H]1C[C@H]2[C@@H]3CCC4=CC(=O)C=C[C@]4(C)[C@@]3(F)[C@H](O)C[C@]2(C)[C@@]1(O)C(=O)COP(=O)(O)OCC(=O)[C@@]1(O)[C@@H](C)C[C@H]2[C@@H]3CCC4=CC(=O)C=C[C@]4(C)[C@@]3(F)[C@@H](O)C[C@@]21C. The summed E-state index contributed by atoms with van der Waals surface area (Å²) in [5.41, 5.74) is -13.0. The number of allylic oxidation sites excluding steroid dienone is 8. The number of aliphatic hydroxyl groups excluding tert-OH is 2. The predicted molar refractivity (Wildman–Crippen MR) is 207 cm³/mol. The lowest BCUT2D eigenvalue weighted by atomic mass is 9.44. The van der Waals surface area contributed by atoms with E-state index in [9.17, 15) is 49.1 Å². The van der Waals surface area contributed by atoms with Crippen molar-refractivity contribution in [1.82, 2.24) is 0 Å². The van der Waals surface area contributed by atoms with Crippen LogP contribution >= 0.6 is 7.82 Å². The molecule has 5 N–H and O–H groups in total. The van der Waals surface area contributed by atoms with Crippen LogP contribution in [0.2, 0.25) is 0 Å². The van der Waals surface area contributed by atoms with Crippen molar-refractivity contribution in [3.05, 3.63) is 47.6 Å². The molecule has 0 bridgehead atoms. The summed E-state index contributed by atoms with van der Waals surface area (Å²) in [4.78, 5) is 63.2. The smallest absolute Gasteiger partial charge is 0.390 e. The molecule has 0 aromatic carbocycles. The maximum absolute atomic E-state index is 17.6. The number of alkyl halides is 2. The first-order valence-electron chi connectivity index (χ1n) is 21.0. The highest BCUT2D eigenvalue weighted by Gasteiger charge is 2.77. The summed E-state index contributed by atoms with van der Waals surface area (Å²) in [5.74, 6) is -6.78. The second kappa shape index (κ2) is 13.2. The van der Waals surface area contributed by atoms with Gasteiger partial charge < -0.3 is 25.3 Å². The number of hydrogen-bond donors (Lipinski definition) is 5. The summed E-state index contributed by atoms with van der Waals surface area (Å²) in [6.07, 6.45) is 6.31. The first-order valence-corrected chi connectivity index (χ1v) is 22.5.